The van der Waals surface area contributed by atoms with Gasteiger partial charge in [0.25, 0.3) is 0 Å². The Labute approximate surface area is 127 Å². The highest BCUT2D eigenvalue weighted by molar-refractivity contribution is 6.33. The molecule has 1 unspecified atom stereocenters. The van der Waals surface area contributed by atoms with Crippen LogP contribution in [-0.4, -0.2) is 32.2 Å². The smallest absolute Gasteiger partial charge is 0.225 e. The van der Waals surface area contributed by atoms with Crippen molar-refractivity contribution in [3.8, 4) is 5.69 Å². The number of halogens is 1. The van der Waals surface area contributed by atoms with Crippen LogP contribution in [0.5, 0.6) is 0 Å². The first-order valence-electron chi connectivity index (χ1n) is 6.55. The number of nitrogens with one attached hydrogen (secondary N) is 1. The van der Waals surface area contributed by atoms with Crippen molar-refractivity contribution in [2.24, 2.45) is 11.7 Å². The van der Waals surface area contributed by atoms with E-state index in [2.05, 4.69) is 20.8 Å². The van der Waals surface area contributed by atoms with Gasteiger partial charge in [-0.25, -0.2) is 4.68 Å². The van der Waals surface area contributed by atoms with Gasteiger partial charge in [0.15, 0.2) is 0 Å². The van der Waals surface area contributed by atoms with E-state index in [-0.39, 0.29) is 24.3 Å². The van der Waals surface area contributed by atoms with Crippen LogP contribution >= 0.6 is 11.6 Å². The molecule has 21 heavy (non-hydrogen) atoms. The predicted molar refractivity (Wildman–Crippen MR) is 80.2 cm³/mol. The summed E-state index contributed by atoms with van der Waals surface area (Å²) in [6.07, 6.45) is 1.70. The summed E-state index contributed by atoms with van der Waals surface area (Å²) < 4.78 is 1.48. The Hall–Kier alpha value is -1.99. The van der Waals surface area contributed by atoms with Gasteiger partial charge in [0.2, 0.25) is 5.91 Å². The van der Waals surface area contributed by atoms with Gasteiger partial charge in [0.05, 0.1) is 16.4 Å². The number of benzene rings is 1. The van der Waals surface area contributed by atoms with Gasteiger partial charge in [0, 0.05) is 12.5 Å². The van der Waals surface area contributed by atoms with Crippen molar-refractivity contribution in [3.05, 3.63) is 29.5 Å². The molecule has 8 heteroatoms. The molecule has 1 atom stereocenters. The molecule has 3 N–H and O–H groups in total. The van der Waals surface area contributed by atoms with Gasteiger partial charge in [-0.15, -0.1) is 5.10 Å². The Kier molecular flexibility index (Phi) is 4.87. The lowest BCUT2D eigenvalue weighted by atomic mass is 10.0. The molecule has 0 saturated heterocycles. The quantitative estimate of drug-likeness (QED) is 0.874. The van der Waals surface area contributed by atoms with E-state index < -0.39 is 0 Å². The number of hydrogen-bond donors (Lipinski definition) is 2. The molecule has 0 aliphatic carbocycles. The highest BCUT2D eigenvalue weighted by Crippen LogP contribution is 2.24. The number of anilines is 1. The summed E-state index contributed by atoms with van der Waals surface area (Å²) in [5, 5.41) is 14.1. The first-order chi connectivity index (χ1) is 9.97. The Morgan fingerprint density at radius 2 is 2.24 bits per heavy atom. The first kappa shape index (κ1) is 15.4. The number of nitrogens with two attached hydrogens (primary N) is 1. The zero-order chi connectivity index (χ0) is 15.4. The van der Waals surface area contributed by atoms with Crippen molar-refractivity contribution in [2.45, 2.75) is 26.3 Å². The van der Waals surface area contributed by atoms with Crippen LogP contribution in [0.2, 0.25) is 5.02 Å². The van der Waals surface area contributed by atoms with Gasteiger partial charge in [-0.3, -0.25) is 4.79 Å². The standard InChI is InChI=1S/C13H17ClN6O/c1-8(2)11(15)6-13(21)17-12-5-9(3-4-10(12)14)20-7-16-18-19-20/h3-5,7-8,11H,6,15H2,1-2H3,(H,17,21). The monoisotopic (exact) mass is 308 g/mol. The minimum atomic E-state index is -0.188. The van der Waals surface area contributed by atoms with Crippen molar-refractivity contribution >= 4 is 23.2 Å². The zero-order valence-corrected chi connectivity index (χ0v) is 12.6. The van der Waals surface area contributed by atoms with E-state index in [9.17, 15) is 4.79 Å². The second kappa shape index (κ2) is 6.64. The van der Waals surface area contributed by atoms with Crippen LogP contribution in [-0.2, 0) is 4.79 Å². The zero-order valence-electron chi connectivity index (χ0n) is 11.8. The molecule has 0 spiro atoms. The summed E-state index contributed by atoms with van der Waals surface area (Å²) in [5.41, 5.74) is 7.10. The average molecular weight is 309 g/mol. The molecular formula is C13H17ClN6O. The van der Waals surface area contributed by atoms with Crippen LogP contribution in [0.3, 0.4) is 0 Å². The number of nitrogens with zero attached hydrogens (tertiary/aromatic N) is 4. The molecule has 0 bridgehead atoms. The number of hydrogen-bond acceptors (Lipinski definition) is 5. The summed E-state index contributed by atoms with van der Waals surface area (Å²) in [4.78, 5) is 12.0. The predicted octanol–water partition coefficient (Wildman–Crippen LogP) is 1.63. The molecule has 1 aromatic heterocycles. The number of amides is 1. The van der Waals surface area contributed by atoms with E-state index in [0.29, 0.717) is 16.4 Å². The molecule has 1 aromatic carbocycles. The number of carbonyl (C=O) groups excluding carboxylic acids is 1. The molecule has 1 heterocycles. The van der Waals surface area contributed by atoms with Crippen LogP contribution in [0.25, 0.3) is 5.69 Å². The van der Waals surface area contributed by atoms with E-state index in [1.54, 1.807) is 18.2 Å². The molecule has 0 aliphatic heterocycles. The van der Waals surface area contributed by atoms with Gasteiger partial charge < -0.3 is 11.1 Å². The third-order valence-corrected chi connectivity index (χ3v) is 3.44. The van der Waals surface area contributed by atoms with Crippen LogP contribution in [0.4, 0.5) is 5.69 Å². The van der Waals surface area contributed by atoms with Crippen LogP contribution in [0.1, 0.15) is 20.3 Å². The molecule has 112 valence electrons. The molecule has 0 aliphatic rings. The normalized spacial score (nSPS) is 12.4. The first-order valence-corrected chi connectivity index (χ1v) is 6.93. The second-order valence-corrected chi connectivity index (χ2v) is 5.49. The summed E-state index contributed by atoms with van der Waals surface area (Å²) in [6, 6.07) is 4.95. The Bertz CT molecular complexity index is 613. The van der Waals surface area contributed by atoms with Gasteiger partial charge in [-0.2, -0.15) is 0 Å². The van der Waals surface area contributed by atoms with Gasteiger partial charge in [-0.1, -0.05) is 25.4 Å². The van der Waals surface area contributed by atoms with E-state index in [4.69, 9.17) is 17.3 Å². The minimum Gasteiger partial charge on any atom is -0.327 e. The Morgan fingerprint density at radius 3 is 2.86 bits per heavy atom. The van der Waals surface area contributed by atoms with E-state index >= 15 is 0 Å². The topological polar surface area (TPSA) is 98.7 Å². The SMILES string of the molecule is CC(C)C(N)CC(=O)Nc1cc(-n2cnnn2)ccc1Cl. The average Bonchev–Trinajstić information content (AvgIpc) is 2.95. The molecular weight excluding hydrogens is 292 g/mol. The summed E-state index contributed by atoms with van der Waals surface area (Å²) in [7, 11) is 0. The fraction of sp³-hybridized carbons (Fsp3) is 0.385. The largest absolute Gasteiger partial charge is 0.327 e. The lowest BCUT2D eigenvalue weighted by Crippen LogP contribution is -2.31. The maximum atomic E-state index is 12.0. The van der Waals surface area contributed by atoms with Gasteiger partial charge in [-0.05, 0) is 34.5 Å². The molecule has 0 fully saturated rings. The molecule has 2 rings (SSSR count). The van der Waals surface area contributed by atoms with Crippen molar-refractivity contribution in [1.82, 2.24) is 20.2 Å². The van der Waals surface area contributed by atoms with Crippen LogP contribution in [0, 0.1) is 5.92 Å². The highest BCUT2D eigenvalue weighted by atomic mass is 35.5. The Balaban J connectivity index is 2.12. The maximum absolute atomic E-state index is 12.0. The van der Waals surface area contributed by atoms with Gasteiger partial charge in [0.1, 0.15) is 6.33 Å². The van der Waals surface area contributed by atoms with Crippen LogP contribution < -0.4 is 11.1 Å². The highest BCUT2D eigenvalue weighted by Gasteiger charge is 2.14. The Morgan fingerprint density at radius 1 is 1.48 bits per heavy atom. The van der Waals surface area contributed by atoms with E-state index in [1.807, 2.05) is 13.8 Å². The maximum Gasteiger partial charge on any atom is 0.225 e. The number of rotatable bonds is 5. The van der Waals surface area contributed by atoms with Crippen molar-refractivity contribution in [3.63, 3.8) is 0 Å². The van der Waals surface area contributed by atoms with Crippen LogP contribution in [0.15, 0.2) is 24.5 Å². The number of carbonyl (C=O) groups is 1. The summed E-state index contributed by atoms with van der Waals surface area (Å²) in [5.74, 6) is 0.0609. The third kappa shape index (κ3) is 3.99. The molecule has 1 amide bonds. The van der Waals surface area contributed by atoms with Crippen molar-refractivity contribution < 1.29 is 4.79 Å². The number of aromatic nitrogens is 4. The minimum absolute atomic E-state index is 0.174. The second-order valence-electron chi connectivity index (χ2n) is 5.08. The van der Waals surface area contributed by atoms with Crippen molar-refractivity contribution in [1.29, 1.82) is 0 Å². The molecule has 2 aromatic rings. The van der Waals surface area contributed by atoms with E-state index in [0.717, 1.165) is 0 Å². The van der Waals surface area contributed by atoms with E-state index in [1.165, 1.54) is 11.0 Å². The lowest BCUT2D eigenvalue weighted by molar-refractivity contribution is -0.116. The fourth-order valence-electron chi connectivity index (χ4n) is 1.68. The van der Waals surface area contributed by atoms with Gasteiger partial charge >= 0.3 is 0 Å². The number of tetrazole rings is 1. The summed E-state index contributed by atoms with van der Waals surface area (Å²) >= 11 is 6.09. The third-order valence-electron chi connectivity index (χ3n) is 3.11. The molecule has 0 saturated carbocycles. The molecule has 7 nitrogen and oxygen atoms in total. The lowest BCUT2D eigenvalue weighted by Gasteiger charge is -2.15. The fourth-order valence-corrected chi connectivity index (χ4v) is 1.85. The van der Waals surface area contributed by atoms with Crippen molar-refractivity contribution in [2.75, 3.05) is 5.32 Å². The summed E-state index contributed by atoms with van der Waals surface area (Å²) in [6.45, 7) is 3.95. The molecule has 0 radical (unpaired) electrons.